The summed E-state index contributed by atoms with van der Waals surface area (Å²) >= 11 is 0. The zero-order valence-corrected chi connectivity index (χ0v) is 16.8. The molecule has 1 aliphatic carbocycles. The van der Waals surface area contributed by atoms with Crippen LogP contribution in [0.4, 0.5) is 5.69 Å². The van der Waals surface area contributed by atoms with Crippen LogP contribution in [-0.4, -0.2) is 39.4 Å². The van der Waals surface area contributed by atoms with Crippen LogP contribution < -0.4 is 20.1 Å². The summed E-state index contributed by atoms with van der Waals surface area (Å²) in [6.07, 6.45) is 1.71. The number of ether oxygens (including phenoxy) is 1. The van der Waals surface area contributed by atoms with Gasteiger partial charge in [0, 0.05) is 23.8 Å². The van der Waals surface area contributed by atoms with Crippen molar-refractivity contribution >= 4 is 27.5 Å². The van der Waals surface area contributed by atoms with E-state index in [1.165, 1.54) is 24.3 Å². The standard InChI is InChI=1S/C20H23N3O5S/c1-2-21-19(24)13-28-17-9-7-15(8-10-17)22-20(25)14-3-11-18(12-4-14)29(26,27)23-16-5-6-16/h3-4,7-12,16,23H,2,5-6,13H2,1H3,(H,21,24)(H,22,25). The number of amides is 2. The third-order valence-corrected chi connectivity index (χ3v) is 5.72. The molecule has 0 unspecified atom stereocenters. The second-order valence-corrected chi connectivity index (χ2v) is 8.35. The first-order valence-electron chi connectivity index (χ1n) is 9.30. The van der Waals surface area contributed by atoms with Gasteiger partial charge in [0.05, 0.1) is 4.90 Å². The fraction of sp³-hybridized carbons (Fsp3) is 0.300. The van der Waals surface area contributed by atoms with Crippen LogP contribution in [0.2, 0.25) is 0 Å². The van der Waals surface area contributed by atoms with E-state index in [1.54, 1.807) is 24.3 Å². The molecule has 0 aromatic heterocycles. The van der Waals surface area contributed by atoms with Gasteiger partial charge in [0.1, 0.15) is 5.75 Å². The molecule has 3 N–H and O–H groups in total. The minimum atomic E-state index is -3.54. The van der Waals surface area contributed by atoms with E-state index in [2.05, 4.69) is 15.4 Å². The molecule has 0 aliphatic heterocycles. The molecule has 29 heavy (non-hydrogen) atoms. The molecule has 2 amide bonds. The lowest BCUT2D eigenvalue weighted by atomic mass is 10.2. The highest BCUT2D eigenvalue weighted by Gasteiger charge is 2.27. The Hall–Kier alpha value is -2.91. The number of carbonyl (C=O) groups is 2. The Morgan fingerprint density at radius 1 is 1.03 bits per heavy atom. The summed E-state index contributed by atoms with van der Waals surface area (Å²) in [5.74, 6) is -0.0604. The highest BCUT2D eigenvalue weighted by atomic mass is 32.2. The van der Waals surface area contributed by atoms with Gasteiger partial charge in [-0.1, -0.05) is 0 Å². The average molecular weight is 417 g/mol. The second-order valence-electron chi connectivity index (χ2n) is 6.64. The van der Waals surface area contributed by atoms with Gasteiger partial charge in [0.25, 0.3) is 11.8 Å². The number of anilines is 1. The first-order chi connectivity index (χ1) is 13.9. The van der Waals surface area contributed by atoms with Crippen molar-refractivity contribution < 1.29 is 22.7 Å². The topological polar surface area (TPSA) is 114 Å². The highest BCUT2D eigenvalue weighted by Crippen LogP contribution is 2.22. The van der Waals surface area contributed by atoms with E-state index in [-0.39, 0.29) is 29.4 Å². The lowest BCUT2D eigenvalue weighted by molar-refractivity contribution is -0.122. The third-order valence-electron chi connectivity index (χ3n) is 4.18. The summed E-state index contributed by atoms with van der Waals surface area (Å²) in [4.78, 5) is 23.9. The molecule has 1 saturated carbocycles. The Balaban J connectivity index is 1.56. The maximum absolute atomic E-state index is 12.4. The molecule has 0 atom stereocenters. The molecule has 0 saturated heterocycles. The van der Waals surface area contributed by atoms with E-state index in [1.807, 2.05) is 6.92 Å². The number of hydrogen-bond acceptors (Lipinski definition) is 5. The molecule has 1 aliphatic rings. The predicted molar refractivity (Wildman–Crippen MR) is 108 cm³/mol. The van der Waals surface area contributed by atoms with Gasteiger partial charge in [0.15, 0.2) is 6.61 Å². The van der Waals surface area contributed by atoms with Crippen LogP contribution in [0.15, 0.2) is 53.4 Å². The third kappa shape index (κ3) is 6.03. The number of benzene rings is 2. The quantitative estimate of drug-likeness (QED) is 0.577. The Labute approximate surface area is 169 Å². The summed E-state index contributed by atoms with van der Waals surface area (Å²) in [5, 5.41) is 5.37. The molecule has 2 aromatic carbocycles. The van der Waals surface area contributed by atoms with Gasteiger partial charge in [-0.05, 0) is 68.3 Å². The number of nitrogens with one attached hydrogen (secondary N) is 3. The number of hydrogen-bond donors (Lipinski definition) is 3. The Bertz CT molecular complexity index is 968. The van der Waals surface area contributed by atoms with Crippen LogP contribution in [0, 0.1) is 0 Å². The zero-order valence-electron chi connectivity index (χ0n) is 16.0. The summed E-state index contributed by atoms with van der Waals surface area (Å²) in [7, 11) is -3.54. The van der Waals surface area contributed by atoms with Gasteiger partial charge in [-0.25, -0.2) is 13.1 Å². The number of sulfonamides is 1. The van der Waals surface area contributed by atoms with Gasteiger partial charge in [-0.15, -0.1) is 0 Å². The van der Waals surface area contributed by atoms with Crippen molar-refractivity contribution in [2.24, 2.45) is 0 Å². The molecule has 0 bridgehead atoms. The molecule has 3 rings (SSSR count). The molecule has 2 aromatic rings. The zero-order chi connectivity index (χ0) is 20.9. The van der Waals surface area contributed by atoms with Crippen molar-refractivity contribution in [3.8, 4) is 5.75 Å². The van der Waals surface area contributed by atoms with Crippen molar-refractivity contribution in [1.82, 2.24) is 10.0 Å². The molecule has 9 heteroatoms. The van der Waals surface area contributed by atoms with E-state index in [0.29, 0.717) is 23.5 Å². The molecular weight excluding hydrogens is 394 g/mol. The van der Waals surface area contributed by atoms with E-state index in [9.17, 15) is 18.0 Å². The average Bonchev–Trinajstić information content (AvgIpc) is 3.51. The van der Waals surface area contributed by atoms with Crippen LogP contribution in [0.1, 0.15) is 30.1 Å². The van der Waals surface area contributed by atoms with Crippen LogP contribution in [0.5, 0.6) is 5.75 Å². The molecule has 154 valence electrons. The number of rotatable bonds is 9. The van der Waals surface area contributed by atoms with Crippen molar-refractivity contribution in [1.29, 1.82) is 0 Å². The van der Waals surface area contributed by atoms with Crippen LogP contribution in [-0.2, 0) is 14.8 Å². The highest BCUT2D eigenvalue weighted by molar-refractivity contribution is 7.89. The van der Waals surface area contributed by atoms with E-state index in [4.69, 9.17) is 4.74 Å². The van der Waals surface area contributed by atoms with Gasteiger partial charge in [0.2, 0.25) is 10.0 Å². The largest absolute Gasteiger partial charge is 0.484 e. The maximum Gasteiger partial charge on any atom is 0.257 e. The van der Waals surface area contributed by atoms with Crippen molar-refractivity contribution in [2.45, 2.75) is 30.7 Å². The number of likely N-dealkylation sites (N-methyl/N-ethyl adjacent to an activating group) is 1. The number of carbonyl (C=O) groups excluding carboxylic acids is 2. The SMILES string of the molecule is CCNC(=O)COc1ccc(NC(=O)c2ccc(S(=O)(=O)NC3CC3)cc2)cc1. The van der Waals surface area contributed by atoms with Crippen LogP contribution in [0.25, 0.3) is 0 Å². The van der Waals surface area contributed by atoms with Crippen molar-refractivity contribution in [3.63, 3.8) is 0 Å². The van der Waals surface area contributed by atoms with Crippen LogP contribution >= 0.6 is 0 Å². The lowest BCUT2D eigenvalue weighted by Gasteiger charge is -2.09. The minimum absolute atomic E-state index is 0.0240. The molecular formula is C20H23N3O5S. The molecule has 8 nitrogen and oxygen atoms in total. The summed E-state index contributed by atoms with van der Waals surface area (Å²) in [6, 6.07) is 12.4. The fourth-order valence-corrected chi connectivity index (χ4v) is 3.81. The maximum atomic E-state index is 12.4. The normalized spacial score (nSPS) is 13.6. The fourth-order valence-electron chi connectivity index (χ4n) is 2.51. The van der Waals surface area contributed by atoms with E-state index >= 15 is 0 Å². The first kappa shape index (κ1) is 20.8. The summed E-state index contributed by atoms with van der Waals surface area (Å²) in [5.41, 5.74) is 0.888. The molecule has 0 spiro atoms. The van der Waals surface area contributed by atoms with Gasteiger partial charge in [-0.2, -0.15) is 0 Å². The van der Waals surface area contributed by atoms with E-state index in [0.717, 1.165) is 12.8 Å². The minimum Gasteiger partial charge on any atom is -0.484 e. The second kappa shape index (κ2) is 9.06. The molecule has 0 radical (unpaired) electrons. The smallest absolute Gasteiger partial charge is 0.257 e. The van der Waals surface area contributed by atoms with Crippen LogP contribution in [0.3, 0.4) is 0 Å². The lowest BCUT2D eigenvalue weighted by Crippen LogP contribution is -2.28. The Morgan fingerprint density at radius 2 is 1.69 bits per heavy atom. The van der Waals surface area contributed by atoms with Gasteiger partial charge >= 0.3 is 0 Å². The predicted octanol–water partition coefficient (Wildman–Crippen LogP) is 1.89. The van der Waals surface area contributed by atoms with Gasteiger partial charge < -0.3 is 15.4 Å². The molecule has 0 heterocycles. The Kier molecular flexibility index (Phi) is 6.50. The van der Waals surface area contributed by atoms with E-state index < -0.39 is 10.0 Å². The summed E-state index contributed by atoms with van der Waals surface area (Å²) < 4.78 is 32.3. The monoisotopic (exact) mass is 417 g/mol. The molecule has 1 fully saturated rings. The van der Waals surface area contributed by atoms with Crippen molar-refractivity contribution in [3.05, 3.63) is 54.1 Å². The summed E-state index contributed by atoms with van der Waals surface area (Å²) in [6.45, 7) is 2.29. The van der Waals surface area contributed by atoms with Gasteiger partial charge in [-0.3, -0.25) is 9.59 Å². The van der Waals surface area contributed by atoms with Crippen molar-refractivity contribution in [2.75, 3.05) is 18.5 Å². The Morgan fingerprint density at radius 3 is 2.28 bits per heavy atom. The first-order valence-corrected chi connectivity index (χ1v) is 10.8.